The van der Waals surface area contributed by atoms with Gasteiger partial charge in [-0.2, -0.15) is 0 Å². The maximum atomic E-state index is 13.0. The lowest BCUT2D eigenvalue weighted by molar-refractivity contribution is -0.136. The molecule has 2 fully saturated rings. The predicted molar refractivity (Wildman–Crippen MR) is 124 cm³/mol. The van der Waals surface area contributed by atoms with Gasteiger partial charge in [0.2, 0.25) is 11.8 Å². The van der Waals surface area contributed by atoms with Crippen molar-refractivity contribution in [2.24, 2.45) is 11.8 Å². The van der Waals surface area contributed by atoms with Gasteiger partial charge in [-0.15, -0.1) is 0 Å². The molecule has 2 amide bonds. The number of hydrogen-bond acceptors (Lipinski definition) is 5. The Morgan fingerprint density at radius 2 is 1.81 bits per heavy atom. The minimum Gasteiger partial charge on any atom is -0.489 e. The summed E-state index contributed by atoms with van der Waals surface area (Å²) in [4.78, 5) is 34.3. The SMILES string of the molecule is CN1CCN(C(=O)C[C@@H]2CCN3C[C@@H]2/C=C/COc2ccccc2CN(C)CC3=O)CC1. The molecule has 7 heteroatoms. The Balaban J connectivity index is 1.46. The van der Waals surface area contributed by atoms with E-state index in [0.717, 1.165) is 50.5 Å². The smallest absolute Gasteiger partial charge is 0.236 e. The van der Waals surface area contributed by atoms with E-state index in [9.17, 15) is 9.59 Å². The third kappa shape index (κ3) is 5.70. The van der Waals surface area contributed by atoms with Crippen molar-refractivity contribution in [2.45, 2.75) is 19.4 Å². The number of rotatable bonds is 2. The summed E-state index contributed by atoms with van der Waals surface area (Å²) < 4.78 is 6.04. The molecule has 0 radical (unpaired) electrons. The molecule has 3 aliphatic rings. The van der Waals surface area contributed by atoms with Gasteiger partial charge in [-0.1, -0.05) is 30.4 Å². The molecule has 1 aromatic carbocycles. The summed E-state index contributed by atoms with van der Waals surface area (Å²) >= 11 is 0. The van der Waals surface area contributed by atoms with Gasteiger partial charge in [0.1, 0.15) is 12.4 Å². The highest BCUT2D eigenvalue weighted by Crippen LogP contribution is 2.29. The Morgan fingerprint density at radius 3 is 2.62 bits per heavy atom. The van der Waals surface area contributed by atoms with Gasteiger partial charge in [-0.3, -0.25) is 14.5 Å². The number of carbonyl (C=O) groups is 2. The van der Waals surface area contributed by atoms with Gasteiger partial charge in [-0.05, 0) is 38.4 Å². The van der Waals surface area contributed by atoms with Crippen LogP contribution in [0.5, 0.6) is 5.75 Å². The van der Waals surface area contributed by atoms with Gasteiger partial charge in [0.15, 0.2) is 0 Å². The van der Waals surface area contributed by atoms with E-state index in [0.29, 0.717) is 32.7 Å². The van der Waals surface area contributed by atoms with Crippen LogP contribution in [0.1, 0.15) is 18.4 Å². The standard InChI is InChI=1S/C25H36N4O3/c1-26-11-13-28(14-12-26)24(30)16-20-9-10-29-18-21(20)7-5-15-32-23-8-4-3-6-22(23)17-27(2)19-25(29)31/h3-8,20-21H,9-19H2,1-2H3/b7-5+/t20-,21-/m0/s1. The maximum Gasteiger partial charge on any atom is 0.236 e. The first kappa shape index (κ1) is 22.8. The van der Waals surface area contributed by atoms with Crippen molar-refractivity contribution < 1.29 is 14.3 Å². The molecule has 0 spiro atoms. The number of nitrogens with zero attached hydrogens (tertiary/aromatic N) is 4. The average molecular weight is 441 g/mol. The van der Waals surface area contributed by atoms with E-state index in [1.165, 1.54) is 0 Å². The third-order valence-corrected chi connectivity index (χ3v) is 6.99. The fourth-order valence-corrected chi connectivity index (χ4v) is 4.96. The van der Waals surface area contributed by atoms with E-state index in [-0.39, 0.29) is 23.7 Å². The van der Waals surface area contributed by atoms with Gasteiger partial charge >= 0.3 is 0 Å². The van der Waals surface area contributed by atoms with Crippen molar-refractivity contribution in [1.82, 2.24) is 19.6 Å². The highest BCUT2D eigenvalue weighted by molar-refractivity contribution is 5.79. The molecule has 7 nitrogen and oxygen atoms in total. The highest BCUT2D eigenvalue weighted by atomic mass is 16.5. The normalized spacial score (nSPS) is 26.9. The van der Waals surface area contributed by atoms with E-state index in [2.05, 4.69) is 30.2 Å². The lowest BCUT2D eigenvalue weighted by atomic mass is 9.82. The number of amides is 2. The average Bonchev–Trinajstić information content (AvgIpc) is 2.79. The van der Waals surface area contributed by atoms with Crippen LogP contribution in [0.25, 0.3) is 0 Å². The topological polar surface area (TPSA) is 56.3 Å². The minimum atomic E-state index is 0.160. The predicted octanol–water partition coefficient (Wildman–Crippen LogP) is 1.70. The zero-order valence-corrected chi connectivity index (χ0v) is 19.4. The number of ether oxygens (including phenoxy) is 1. The van der Waals surface area contributed by atoms with Crippen LogP contribution in [0.15, 0.2) is 36.4 Å². The second-order valence-corrected chi connectivity index (χ2v) is 9.46. The molecule has 0 aliphatic carbocycles. The van der Waals surface area contributed by atoms with Crippen molar-refractivity contribution >= 4 is 11.8 Å². The molecule has 3 heterocycles. The first-order valence-electron chi connectivity index (χ1n) is 11.8. The van der Waals surface area contributed by atoms with E-state index >= 15 is 0 Å². The largest absolute Gasteiger partial charge is 0.489 e. The van der Waals surface area contributed by atoms with Gasteiger partial charge in [0.25, 0.3) is 0 Å². The molecule has 2 saturated heterocycles. The van der Waals surface area contributed by atoms with Crippen molar-refractivity contribution in [3.63, 3.8) is 0 Å². The zero-order valence-electron chi connectivity index (χ0n) is 19.4. The number of likely N-dealkylation sites (N-methyl/N-ethyl adjacent to an activating group) is 2. The number of para-hydroxylation sites is 1. The Hall–Kier alpha value is -2.38. The van der Waals surface area contributed by atoms with Gasteiger partial charge < -0.3 is 19.4 Å². The molecular weight excluding hydrogens is 404 g/mol. The number of hydrogen-bond donors (Lipinski definition) is 0. The summed E-state index contributed by atoms with van der Waals surface area (Å²) in [6, 6.07) is 8.02. The number of fused-ring (bicyclic) bond motifs is 3. The van der Waals surface area contributed by atoms with Crippen LogP contribution >= 0.6 is 0 Å². The Morgan fingerprint density at radius 1 is 1.03 bits per heavy atom. The van der Waals surface area contributed by atoms with Crippen LogP contribution in [0, 0.1) is 11.8 Å². The lowest BCUT2D eigenvalue weighted by Gasteiger charge is -2.39. The fraction of sp³-hybridized carbons (Fsp3) is 0.600. The van der Waals surface area contributed by atoms with Crippen molar-refractivity contribution in [1.29, 1.82) is 0 Å². The monoisotopic (exact) mass is 440 g/mol. The maximum absolute atomic E-state index is 13.0. The molecule has 0 unspecified atom stereocenters. The molecule has 32 heavy (non-hydrogen) atoms. The summed E-state index contributed by atoms with van der Waals surface area (Å²) in [7, 11) is 4.08. The molecule has 1 aromatic rings. The summed E-state index contributed by atoms with van der Waals surface area (Å²) in [6.45, 7) is 6.45. The van der Waals surface area contributed by atoms with Crippen molar-refractivity contribution in [3.05, 3.63) is 42.0 Å². The fourth-order valence-electron chi connectivity index (χ4n) is 4.96. The molecule has 0 aromatic heterocycles. The number of carbonyl (C=O) groups excluding carboxylic acids is 2. The lowest BCUT2D eigenvalue weighted by Crippen LogP contribution is -2.49. The molecule has 0 saturated carbocycles. The summed E-state index contributed by atoms with van der Waals surface area (Å²) in [5.74, 6) is 1.71. The van der Waals surface area contributed by atoms with Gasteiger partial charge in [0, 0.05) is 57.8 Å². The number of piperidine rings is 1. The summed E-state index contributed by atoms with van der Waals surface area (Å²) in [5, 5.41) is 0. The number of benzene rings is 1. The quantitative estimate of drug-likeness (QED) is 0.656. The van der Waals surface area contributed by atoms with Crippen LogP contribution in [-0.2, 0) is 16.1 Å². The minimum absolute atomic E-state index is 0.160. The Kier molecular flexibility index (Phi) is 7.48. The molecule has 2 bridgehead atoms. The van der Waals surface area contributed by atoms with E-state index in [1.54, 1.807) is 0 Å². The van der Waals surface area contributed by atoms with Crippen molar-refractivity contribution in [3.8, 4) is 5.75 Å². The molecule has 4 rings (SSSR count). The third-order valence-electron chi connectivity index (χ3n) is 6.99. The van der Waals surface area contributed by atoms with Gasteiger partial charge in [-0.25, -0.2) is 0 Å². The van der Waals surface area contributed by atoms with Crippen LogP contribution in [0.3, 0.4) is 0 Å². The van der Waals surface area contributed by atoms with E-state index < -0.39 is 0 Å². The van der Waals surface area contributed by atoms with Crippen molar-refractivity contribution in [2.75, 3.05) is 66.5 Å². The Bertz CT molecular complexity index is 834. The highest BCUT2D eigenvalue weighted by Gasteiger charge is 2.33. The van der Waals surface area contributed by atoms with Crippen LogP contribution in [0.2, 0.25) is 0 Å². The molecule has 3 aliphatic heterocycles. The summed E-state index contributed by atoms with van der Waals surface area (Å²) in [6.07, 6.45) is 5.66. The first-order chi connectivity index (χ1) is 15.5. The second kappa shape index (κ2) is 10.5. The van der Waals surface area contributed by atoms with Crippen LogP contribution in [-0.4, -0.2) is 97.9 Å². The van der Waals surface area contributed by atoms with E-state index in [1.807, 2.05) is 39.9 Å². The second-order valence-electron chi connectivity index (χ2n) is 9.46. The Labute approximate surface area is 191 Å². The molecular formula is C25H36N4O3. The summed E-state index contributed by atoms with van der Waals surface area (Å²) in [5.41, 5.74) is 1.09. The number of piperazine rings is 1. The van der Waals surface area contributed by atoms with Gasteiger partial charge in [0.05, 0.1) is 6.54 Å². The molecule has 174 valence electrons. The van der Waals surface area contributed by atoms with Crippen LogP contribution in [0.4, 0.5) is 0 Å². The zero-order chi connectivity index (χ0) is 22.5. The van der Waals surface area contributed by atoms with E-state index in [4.69, 9.17) is 4.74 Å². The first-order valence-corrected chi connectivity index (χ1v) is 11.8. The molecule has 0 N–H and O–H groups in total. The molecule has 2 atom stereocenters. The van der Waals surface area contributed by atoms with Crippen LogP contribution < -0.4 is 4.74 Å².